The second-order valence-electron chi connectivity index (χ2n) is 4.45. The van der Waals surface area contributed by atoms with Crippen LogP contribution < -0.4 is 10.6 Å². The molecule has 0 saturated carbocycles. The third-order valence-electron chi connectivity index (χ3n) is 2.89. The van der Waals surface area contributed by atoms with Crippen LogP contribution in [0.2, 0.25) is 0 Å². The van der Waals surface area contributed by atoms with Crippen molar-refractivity contribution in [2.45, 2.75) is 24.9 Å². The van der Waals surface area contributed by atoms with Gasteiger partial charge in [-0.25, -0.2) is 17.6 Å². The number of benzene rings is 1. The second-order valence-corrected chi connectivity index (χ2v) is 4.45. The molecule has 0 bridgehead atoms. The van der Waals surface area contributed by atoms with Gasteiger partial charge in [0.2, 0.25) is 5.91 Å². The summed E-state index contributed by atoms with van der Waals surface area (Å²) in [5, 5.41) is 4.68. The molecule has 2 N–H and O–H groups in total. The van der Waals surface area contributed by atoms with Crippen molar-refractivity contribution in [2.24, 2.45) is 0 Å². The number of carbonyl (C=O) groups excluding carboxylic acids is 1. The summed E-state index contributed by atoms with van der Waals surface area (Å²) in [5.74, 6) is -4.85. The third kappa shape index (κ3) is 4.08. The van der Waals surface area contributed by atoms with Crippen LogP contribution in [0.1, 0.15) is 12.0 Å². The van der Waals surface area contributed by atoms with Gasteiger partial charge >= 0.3 is 0 Å². The van der Waals surface area contributed by atoms with Crippen molar-refractivity contribution in [3.05, 3.63) is 35.4 Å². The van der Waals surface area contributed by atoms with Crippen LogP contribution in [-0.2, 0) is 11.3 Å². The summed E-state index contributed by atoms with van der Waals surface area (Å²) < 4.78 is 51.9. The van der Waals surface area contributed by atoms with E-state index in [0.717, 1.165) is 18.2 Å². The van der Waals surface area contributed by atoms with Crippen molar-refractivity contribution in [1.82, 2.24) is 10.6 Å². The Balaban J connectivity index is 0.00000200. The molecule has 1 aliphatic heterocycles. The van der Waals surface area contributed by atoms with Gasteiger partial charge in [0.25, 0.3) is 5.92 Å². The number of halogens is 5. The number of rotatable bonds is 3. The molecule has 1 atom stereocenters. The van der Waals surface area contributed by atoms with Crippen LogP contribution in [0.5, 0.6) is 0 Å². The van der Waals surface area contributed by atoms with Gasteiger partial charge in [0.15, 0.2) is 0 Å². The van der Waals surface area contributed by atoms with Crippen molar-refractivity contribution in [2.75, 3.05) is 6.54 Å². The predicted molar refractivity (Wildman–Crippen MR) is 66.8 cm³/mol. The maximum absolute atomic E-state index is 13.3. The SMILES string of the molecule is Cl.O=C(NCc1cc(F)ccc1F)C1CC(F)(F)CN1. The minimum absolute atomic E-state index is 0. The van der Waals surface area contributed by atoms with E-state index in [9.17, 15) is 22.4 Å². The minimum atomic E-state index is -2.91. The van der Waals surface area contributed by atoms with Crippen molar-refractivity contribution in [3.8, 4) is 0 Å². The molecule has 1 aromatic carbocycles. The molecular formula is C12H13ClF4N2O. The Hall–Kier alpha value is -1.34. The second kappa shape index (κ2) is 6.41. The average molecular weight is 313 g/mol. The molecule has 1 aromatic rings. The average Bonchev–Trinajstić information content (AvgIpc) is 2.70. The monoisotopic (exact) mass is 312 g/mol. The van der Waals surface area contributed by atoms with Gasteiger partial charge in [0.1, 0.15) is 11.6 Å². The summed E-state index contributed by atoms with van der Waals surface area (Å²) >= 11 is 0. The molecule has 1 amide bonds. The highest BCUT2D eigenvalue weighted by Crippen LogP contribution is 2.25. The van der Waals surface area contributed by atoms with E-state index < -0.39 is 42.5 Å². The van der Waals surface area contributed by atoms with Gasteiger partial charge in [-0.1, -0.05) is 0 Å². The standard InChI is InChI=1S/C12H12F4N2O.ClH/c13-8-1-2-9(14)7(3-8)5-17-11(19)10-4-12(15,16)6-18-10;/h1-3,10,18H,4-6H2,(H,17,19);1H. The summed E-state index contributed by atoms with van der Waals surface area (Å²) in [6.45, 7) is -0.800. The molecule has 0 aliphatic carbocycles. The molecule has 112 valence electrons. The quantitative estimate of drug-likeness (QED) is 0.838. The number of nitrogens with one attached hydrogen (secondary N) is 2. The van der Waals surface area contributed by atoms with Crippen molar-refractivity contribution in [3.63, 3.8) is 0 Å². The summed E-state index contributed by atoms with van der Waals surface area (Å²) in [5.41, 5.74) is -0.0295. The van der Waals surface area contributed by atoms with E-state index in [1.165, 1.54) is 0 Å². The van der Waals surface area contributed by atoms with E-state index in [1.807, 2.05) is 0 Å². The highest BCUT2D eigenvalue weighted by molar-refractivity contribution is 5.85. The highest BCUT2D eigenvalue weighted by atomic mass is 35.5. The Bertz CT molecular complexity index is 498. The van der Waals surface area contributed by atoms with Gasteiger partial charge < -0.3 is 5.32 Å². The molecular weight excluding hydrogens is 300 g/mol. The van der Waals surface area contributed by atoms with Gasteiger partial charge in [-0.05, 0) is 18.2 Å². The number of carbonyl (C=O) groups is 1. The smallest absolute Gasteiger partial charge is 0.262 e. The molecule has 2 rings (SSSR count). The van der Waals surface area contributed by atoms with Crippen molar-refractivity contribution in [1.29, 1.82) is 0 Å². The van der Waals surface area contributed by atoms with Crippen molar-refractivity contribution < 1.29 is 22.4 Å². The van der Waals surface area contributed by atoms with Crippen molar-refractivity contribution >= 4 is 18.3 Å². The first-order valence-electron chi connectivity index (χ1n) is 5.70. The lowest BCUT2D eigenvalue weighted by Gasteiger charge is -2.11. The lowest BCUT2D eigenvalue weighted by Crippen LogP contribution is -2.40. The summed E-state index contributed by atoms with van der Waals surface area (Å²) in [6.07, 6.45) is -0.593. The maximum atomic E-state index is 13.3. The van der Waals surface area contributed by atoms with Gasteiger partial charge in [-0.15, -0.1) is 12.4 Å². The summed E-state index contributed by atoms with van der Waals surface area (Å²) in [6, 6.07) is 1.84. The van der Waals surface area contributed by atoms with Crippen LogP contribution in [-0.4, -0.2) is 24.4 Å². The van der Waals surface area contributed by atoms with E-state index in [1.54, 1.807) is 0 Å². The first kappa shape index (κ1) is 16.7. The van der Waals surface area contributed by atoms with Gasteiger partial charge in [0, 0.05) is 18.5 Å². The Labute approximate surface area is 119 Å². The van der Waals surface area contributed by atoms with Crippen LogP contribution >= 0.6 is 12.4 Å². The van der Waals surface area contributed by atoms with E-state index in [0.29, 0.717) is 0 Å². The fraction of sp³-hybridized carbons (Fsp3) is 0.417. The molecule has 20 heavy (non-hydrogen) atoms. The molecule has 1 saturated heterocycles. The lowest BCUT2D eigenvalue weighted by atomic mass is 10.1. The van der Waals surface area contributed by atoms with E-state index in [2.05, 4.69) is 10.6 Å². The maximum Gasteiger partial charge on any atom is 0.262 e. The summed E-state index contributed by atoms with van der Waals surface area (Å²) in [4.78, 5) is 11.6. The number of hydrogen-bond donors (Lipinski definition) is 2. The fourth-order valence-corrected chi connectivity index (χ4v) is 1.89. The predicted octanol–water partition coefficient (Wildman–Crippen LogP) is 2.00. The molecule has 0 aromatic heterocycles. The first-order chi connectivity index (χ1) is 8.87. The zero-order valence-corrected chi connectivity index (χ0v) is 11.1. The highest BCUT2D eigenvalue weighted by Gasteiger charge is 2.42. The first-order valence-corrected chi connectivity index (χ1v) is 5.70. The molecule has 1 unspecified atom stereocenters. The van der Waals surface area contributed by atoms with Crippen LogP contribution in [0.25, 0.3) is 0 Å². The van der Waals surface area contributed by atoms with Crippen LogP contribution in [0.15, 0.2) is 18.2 Å². The molecule has 1 fully saturated rings. The van der Waals surface area contributed by atoms with E-state index in [-0.39, 0.29) is 24.5 Å². The Morgan fingerprint density at radius 1 is 1.40 bits per heavy atom. The van der Waals surface area contributed by atoms with Crippen LogP contribution in [0, 0.1) is 11.6 Å². The molecule has 0 radical (unpaired) electrons. The van der Waals surface area contributed by atoms with Crippen LogP contribution in [0.4, 0.5) is 17.6 Å². The molecule has 3 nitrogen and oxygen atoms in total. The molecule has 1 aliphatic rings. The normalized spacial score (nSPS) is 20.3. The number of alkyl halides is 2. The fourth-order valence-electron chi connectivity index (χ4n) is 1.89. The largest absolute Gasteiger partial charge is 0.351 e. The lowest BCUT2D eigenvalue weighted by molar-refractivity contribution is -0.123. The van der Waals surface area contributed by atoms with Gasteiger partial charge in [0.05, 0.1) is 12.6 Å². The summed E-state index contributed by atoms with van der Waals surface area (Å²) in [7, 11) is 0. The Morgan fingerprint density at radius 3 is 2.70 bits per heavy atom. The van der Waals surface area contributed by atoms with E-state index in [4.69, 9.17) is 0 Å². The number of hydrogen-bond acceptors (Lipinski definition) is 2. The minimum Gasteiger partial charge on any atom is -0.351 e. The zero-order chi connectivity index (χ0) is 14.0. The number of amides is 1. The zero-order valence-electron chi connectivity index (χ0n) is 10.3. The molecule has 0 spiro atoms. The van der Waals surface area contributed by atoms with E-state index >= 15 is 0 Å². The molecule has 1 heterocycles. The Morgan fingerprint density at radius 2 is 2.10 bits per heavy atom. The van der Waals surface area contributed by atoms with Gasteiger partial charge in [-0.3, -0.25) is 10.1 Å². The third-order valence-corrected chi connectivity index (χ3v) is 2.89. The van der Waals surface area contributed by atoms with Gasteiger partial charge in [-0.2, -0.15) is 0 Å². The van der Waals surface area contributed by atoms with Crippen LogP contribution in [0.3, 0.4) is 0 Å². The Kier molecular flexibility index (Phi) is 5.35. The topological polar surface area (TPSA) is 41.1 Å². The molecule has 8 heteroatoms.